The Bertz CT molecular complexity index is 63.9. The van der Waals surface area contributed by atoms with E-state index in [2.05, 4.69) is 4.74 Å². The molecule has 0 N–H and O–H groups in total. The molecule has 0 spiro atoms. The zero-order valence-electron chi connectivity index (χ0n) is 6.92. The molecule has 0 aromatic rings. The second-order valence-electron chi connectivity index (χ2n) is 2.23. The first-order valence-corrected chi connectivity index (χ1v) is 3.45. The van der Waals surface area contributed by atoms with E-state index in [0.29, 0.717) is 20.0 Å². The number of ether oxygens (including phenoxy) is 3. The average Bonchev–Trinajstić information content (AvgIpc) is 1.87. The highest BCUT2D eigenvalue weighted by Crippen LogP contribution is 1.86. The minimum absolute atomic E-state index is 0.283. The maximum Gasteiger partial charge on any atom is 0.146 e. The molecule has 0 fully saturated rings. The molecule has 0 bridgehead atoms. The SMILES string of the molecule is COCOCCOC(C)C. The fourth-order valence-electron chi connectivity index (χ4n) is 0.485. The molecule has 0 amide bonds. The molecule has 10 heavy (non-hydrogen) atoms. The van der Waals surface area contributed by atoms with E-state index in [1.54, 1.807) is 7.11 Å². The minimum atomic E-state index is 0.283. The van der Waals surface area contributed by atoms with Gasteiger partial charge in [-0.1, -0.05) is 0 Å². The van der Waals surface area contributed by atoms with Gasteiger partial charge in [-0.2, -0.15) is 0 Å². The van der Waals surface area contributed by atoms with Gasteiger partial charge in [0.25, 0.3) is 0 Å². The summed E-state index contributed by atoms with van der Waals surface area (Å²) >= 11 is 0. The van der Waals surface area contributed by atoms with E-state index < -0.39 is 0 Å². The molecule has 0 aliphatic heterocycles. The standard InChI is InChI=1S/C7H16O3/c1-7(2)10-5-4-9-6-8-3/h7H,4-6H2,1-3H3. The van der Waals surface area contributed by atoms with Crippen molar-refractivity contribution in [2.45, 2.75) is 20.0 Å². The van der Waals surface area contributed by atoms with Gasteiger partial charge < -0.3 is 14.2 Å². The first-order chi connectivity index (χ1) is 4.77. The van der Waals surface area contributed by atoms with E-state index in [0.717, 1.165) is 0 Å². The normalized spacial score (nSPS) is 10.8. The van der Waals surface area contributed by atoms with Crippen molar-refractivity contribution in [3.05, 3.63) is 0 Å². The number of hydrogen-bond donors (Lipinski definition) is 0. The molecular formula is C7H16O3. The van der Waals surface area contributed by atoms with Gasteiger partial charge in [-0.15, -0.1) is 0 Å². The molecule has 0 radical (unpaired) electrons. The van der Waals surface area contributed by atoms with Gasteiger partial charge in [0.1, 0.15) is 6.79 Å². The first-order valence-electron chi connectivity index (χ1n) is 3.45. The molecular weight excluding hydrogens is 132 g/mol. The molecule has 0 unspecified atom stereocenters. The number of rotatable bonds is 6. The van der Waals surface area contributed by atoms with Crippen LogP contribution < -0.4 is 0 Å². The first kappa shape index (κ1) is 9.88. The van der Waals surface area contributed by atoms with Crippen LogP contribution in [0.2, 0.25) is 0 Å². The van der Waals surface area contributed by atoms with Gasteiger partial charge in [-0.3, -0.25) is 0 Å². The quantitative estimate of drug-likeness (QED) is 0.416. The third kappa shape index (κ3) is 7.88. The van der Waals surface area contributed by atoms with Gasteiger partial charge in [0.05, 0.1) is 19.3 Å². The Kier molecular flexibility index (Phi) is 6.91. The molecule has 0 heterocycles. The Morgan fingerprint density at radius 2 is 1.90 bits per heavy atom. The van der Waals surface area contributed by atoms with Crippen LogP contribution in [-0.4, -0.2) is 33.2 Å². The highest BCUT2D eigenvalue weighted by Gasteiger charge is 1.91. The van der Waals surface area contributed by atoms with Crippen molar-refractivity contribution in [3.8, 4) is 0 Å². The van der Waals surface area contributed by atoms with Crippen molar-refractivity contribution in [1.29, 1.82) is 0 Å². The van der Waals surface area contributed by atoms with Crippen molar-refractivity contribution in [2.24, 2.45) is 0 Å². The molecule has 0 atom stereocenters. The van der Waals surface area contributed by atoms with Crippen molar-refractivity contribution in [2.75, 3.05) is 27.1 Å². The van der Waals surface area contributed by atoms with Crippen LogP contribution in [0.5, 0.6) is 0 Å². The molecule has 0 saturated heterocycles. The maximum absolute atomic E-state index is 5.21. The van der Waals surface area contributed by atoms with Crippen LogP contribution in [0.25, 0.3) is 0 Å². The van der Waals surface area contributed by atoms with Gasteiger partial charge in [-0.05, 0) is 13.8 Å². The Balaban J connectivity index is 2.77. The summed E-state index contributed by atoms with van der Waals surface area (Å²) < 4.78 is 14.9. The highest BCUT2D eigenvalue weighted by molar-refractivity contribution is 4.35. The lowest BCUT2D eigenvalue weighted by atomic mass is 10.5. The van der Waals surface area contributed by atoms with Gasteiger partial charge in [-0.25, -0.2) is 0 Å². The summed E-state index contributed by atoms with van der Waals surface area (Å²) in [5.74, 6) is 0. The largest absolute Gasteiger partial charge is 0.376 e. The third-order valence-electron chi connectivity index (χ3n) is 0.880. The van der Waals surface area contributed by atoms with E-state index in [4.69, 9.17) is 9.47 Å². The maximum atomic E-state index is 5.21. The lowest BCUT2D eigenvalue weighted by molar-refractivity contribution is -0.0578. The average molecular weight is 148 g/mol. The van der Waals surface area contributed by atoms with Gasteiger partial charge in [0.15, 0.2) is 0 Å². The molecule has 62 valence electrons. The van der Waals surface area contributed by atoms with Gasteiger partial charge in [0, 0.05) is 7.11 Å². The second-order valence-corrected chi connectivity index (χ2v) is 2.23. The minimum Gasteiger partial charge on any atom is -0.376 e. The van der Waals surface area contributed by atoms with Crippen LogP contribution in [0.4, 0.5) is 0 Å². The monoisotopic (exact) mass is 148 g/mol. The Labute approximate surface area is 62.3 Å². The predicted molar refractivity (Wildman–Crippen MR) is 38.9 cm³/mol. The van der Waals surface area contributed by atoms with Crippen LogP contribution in [-0.2, 0) is 14.2 Å². The molecule has 0 saturated carbocycles. The van der Waals surface area contributed by atoms with Crippen LogP contribution in [0.3, 0.4) is 0 Å². The lowest BCUT2D eigenvalue weighted by Gasteiger charge is -2.06. The van der Waals surface area contributed by atoms with Crippen LogP contribution in [0, 0.1) is 0 Å². The van der Waals surface area contributed by atoms with Gasteiger partial charge >= 0.3 is 0 Å². The lowest BCUT2D eigenvalue weighted by Crippen LogP contribution is -2.10. The predicted octanol–water partition coefficient (Wildman–Crippen LogP) is 1.03. The smallest absolute Gasteiger partial charge is 0.146 e. The van der Waals surface area contributed by atoms with Crippen LogP contribution in [0.15, 0.2) is 0 Å². The van der Waals surface area contributed by atoms with Crippen LogP contribution >= 0.6 is 0 Å². The summed E-state index contributed by atoms with van der Waals surface area (Å²) in [5.41, 5.74) is 0. The molecule has 0 aromatic carbocycles. The summed E-state index contributed by atoms with van der Waals surface area (Å²) in [6.07, 6.45) is 0.283. The summed E-state index contributed by atoms with van der Waals surface area (Å²) in [4.78, 5) is 0. The molecule has 0 aliphatic carbocycles. The fourth-order valence-corrected chi connectivity index (χ4v) is 0.485. The van der Waals surface area contributed by atoms with Crippen molar-refractivity contribution in [1.82, 2.24) is 0 Å². The Morgan fingerprint density at radius 3 is 2.40 bits per heavy atom. The molecule has 0 rings (SSSR count). The van der Waals surface area contributed by atoms with E-state index in [-0.39, 0.29) is 6.10 Å². The van der Waals surface area contributed by atoms with Crippen molar-refractivity contribution in [3.63, 3.8) is 0 Å². The zero-order valence-corrected chi connectivity index (χ0v) is 6.92. The van der Waals surface area contributed by atoms with E-state index in [9.17, 15) is 0 Å². The molecule has 0 aromatic heterocycles. The summed E-state index contributed by atoms with van der Waals surface area (Å²) in [6.45, 7) is 5.58. The van der Waals surface area contributed by atoms with Crippen molar-refractivity contribution >= 4 is 0 Å². The number of hydrogen-bond acceptors (Lipinski definition) is 3. The third-order valence-corrected chi connectivity index (χ3v) is 0.880. The van der Waals surface area contributed by atoms with E-state index in [1.165, 1.54) is 0 Å². The molecule has 3 nitrogen and oxygen atoms in total. The fraction of sp³-hybridized carbons (Fsp3) is 1.00. The topological polar surface area (TPSA) is 27.7 Å². The van der Waals surface area contributed by atoms with Gasteiger partial charge in [0.2, 0.25) is 0 Å². The second kappa shape index (κ2) is 6.99. The number of methoxy groups -OCH3 is 1. The zero-order chi connectivity index (χ0) is 7.82. The van der Waals surface area contributed by atoms with Crippen LogP contribution in [0.1, 0.15) is 13.8 Å². The summed E-state index contributed by atoms with van der Waals surface area (Å²) in [5, 5.41) is 0. The molecule has 3 heteroatoms. The highest BCUT2D eigenvalue weighted by atomic mass is 16.7. The van der Waals surface area contributed by atoms with Crippen molar-refractivity contribution < 1.29 is 14.2 Å². The summed E-state index contributed by atoms with van der Waals surface area (Å²) in [7, 11) is 1.60. The van der Waals surface area contributed by atoms with E-state index >= 15 is 0 Å². The molecule has 0 aliphatic rings. The van der Waals surface area contributed by atoms with E-state index in [1.807, 2.05) is 13.8 Å². The summed E-state index contributed by atoms with van der Waals surface area (Å²) in [6, 6.07) is 0. The Hall–Kier alpha value is -0.120. The Morgan fingerprint density at radius 1 is 1.20 bits per heavy atom.